The number of hydrogen-bond donors (Lipinski definition) is 1. The highest BCUT2D eigenvalue weighted by atomic mass is 16.5. The molecule has 0 amide bonds. The number of methoxy groups -OCH3 is 1. The van der Waals surface area contributed by atoms with Crippen LogP contribution in [0.5, 0.6) is 5.88 Å². The summed E-state index contributed by atoms with van der Waals surface area (Å²) in [5.41, 5.74) is 0.0676. The van der Waals surface area contributed by atoms with Gasteiger partial charge >= 0.3 is 0 Å². The summed E-state index contributed by atoms with van der Waals surface area (Å²) in [6, 6.07) is 1.78. The van der Waals surface area contributed by atoms with Gasteiger partial charge in [-0.2, -0.15) is 0 Å². The van der Waals surface area contributed by atoms with E-state index in [1.54, 1.807) is 13.2 Å². The van der Waals surface area contributed by atoms with Crippen molar-refractivity contribution in [3.8, 4) is 5.88 Å². The highest BCUT2D eigenvalue weighted by Gasteiger charge is 2.19. The molecule has 5 nitrogen and oxygen atoms in total. The largest absolute Gasteiger partial charge is 0.481 e. The van der Waals surface area contributed by atoms with E-state index in [9.17, 15) is 0 Å². The van der Waals surface area contributed by atoms with Crippen LogP contribution in [0.25, 0.3) is 0 Å². The number of anilines is 1. The fraction of sp³-hybridized carbons (Fsp3) is 0.636. The van der Waals surface area contributed by atoms with Crippen molar-refractivity contribution in [2.45, 2.75) is 19.4 Å². The van der Waals surface area contributed by atoms with Crippen LogP contribution in [0, 0.1) is 0 Å². The van der Waals surface area contributed by atoms with Crippen LogP contribution < -0.4 is 10.1 Å². The van der Waals surface area contributed by atoms with E-state index in [1.807, 2.05) is 0 Å². The lowest BCUT2D eigenvalue weighted by Gasteiger charge is -2.32. The highest BCUT2D eigenvalue weighted by molar-refractivity contribution is 5.37. The molecule has 1 aromatic rings. The maximum atomic E-state index is 5.03. The molecule has 1 rings (SSSR count). The van der Waals surface area contributed by atoms with Crippen LogP contribution in [0.1, 0.15) is 13.8 Å². The minimum absolute atomic E-state index is 0.0676. The Morgan fingerprint density at radius 2 is 2.06 bits per heavy atom. The van der Waals surface area contributed by atoms with E-state index in [1.165, 1.54) is 6.33 Å². The minimum atomic E-state index is 0.0676. The van der Waals surface area contributed by atoms with E-state index in [2.05, 4.69) is 48.1 Å². The second kappa shape index (κ2) is 5.12. The van der Waals surface area contributed by atoms with Gasteiger partial charge in [-0.25, -0.2) is 9.97 Å². The maximum Gasteiger partial charge on any atom is 0.218 e. The third-order valence-electron chi connectivity index (χ3n) is 2.76. The summed E-state index contributed by atoms with van der Waals surface area (Å²) in [7, 11) is 5.71. The SMILES string of the molecule is COc1cc(NCC(C)(C)N(C)C)ncn1. The Bertz CT molecular complexity index is 339. The molecule has 0 aliphatic rings. The predicted molar refractivity (Wildman–Crippen MR) is 64.8 cm³/mol. The molecular weight excluding hydrogens is 204 g/mol. The summed E-state index contributed by atoms with van der Waals surface area (Å²) < 4.78 is 5.03. The molecule has 0 saturated heterocycles. The molecule has 0 unspecified atom stereocenters. The lowest BCUT2D eigenvalue weighted by molar-refractivity contribution is 0.210. The van der Waals surface area contributed by atoms with E-state index in [0.717, 1.165) is 12.4 Å². The molecule has 0 radical (unpaired) electrons. The van der Waals surface area contributed by atoms with Crippen LogP contribution in [0.3, 0.4) is 0 Å². The first-order valence-corrected chi connectivity index (χ1v) is 5.23. The third-order valence-corrected chi connectivity index (χ3v) is 2.76. The van der Waals surface area contributed by atoms with Crippen molar-refractivity contribution >= 4 is 5.82 Å². The lowest BCUT2D eigenvalue weighted by atomic mass is 10.0. The Morgan fingerprint density at radius 3 is 2.62 bits per heavy atom. The van der Waals surface area contributed by atoms with Crippen LogP contribution >= 0.6 is 0 Å². The topological polar surface area (TPSA) is 50.3 Å². The summed E-state index contributed by atoms with van der Waals surface area (Å²) in [5.74, 6) is 1.35. The maximum absolute atomic E-state index is 5.03. The number of hydrogen-bond acceptors (Lipinski definition) is 5. The van der Waals surface area contributed by atoms with Crippen LogP contribution in [0.15, 0.2) is 12.4 Å². The fourth-order valence-corrected chi connectivity index (χ4v) is 1.01. The molecule has 1 N–H and O–H groups in total. The van der Waals surface area contributed by atoms with Crippen molar-refractivity contribution in [3.63, 3.8) is 0 Å². The van der Waals surface area contributed by atoms with Gasteiger partial charge in [0.1, 0.15) is 12.1 Å². The molecule has 16 heavy (non-hydrogen) atoms. The second-order valence-corrected chi connectivity index (χ2v) is 4.51. The van der Waals surface area contributed by atoms with Crippen molar-refractivity contribution in [1.29, 1.82) is 0 Å². The monoisotopic (exact) mass is 224 g/mol. The van der Waals surface area contributed by atoms with Gasteiger partial charge in [-0.3, -0.25) is 0 Å². The molecule has 90 valence electrons. The van der Waals surface area contributed by atoms with Gasteiger partial charge in [0.15, 0.2) is 0 Å². The summed E-state index contributed by atoms with van der Waals surface area (Å²) in [5, 5.41) is 3.27. The van der Waals surface area contributed by atoms with Gasteiger partial charge in [0, 0.05) is 18.2 Å². The molecule has 0 aliphatic carbocycles. The number of nitrogens with one attached hydrogen (secondary N) is 1. The zero-order valence-electron chi connectivity index (χ0n) is 10.6. The van der Waals surface area contributed by atoms with Gasteiger partial charge in [0.05, 0.1) is 7.11 Å². The Kier molecular flexibility index (Phi) is 4.06. The van der Waals surface area contributed by atoms with Gasteiger partial charge < -0.3 is 15.0 Å². The van der Waals surface area contributed by atoms with Gasteiger partial charge in [0.25, 0.3) is 0 Å². The van der Waals surface area contributed by atoms with E-state index < -0.39 is 0 Å². The standard InChI is InChI=1S/C11H20N4O/c1-11(2,15(3)4)7-12-9-6-10(16-5)14-8-13-9/h6,8H,7H2,1-5H3,(H,12,13,14). The average molecular weight is 224 g/mol. The Balaban J connectivity index is 2.60. The molecule has 0 aliphatic heterocycles. The second-order valence-electron chi connectivity index (χ2n) is 4.51. The molecule has 1 heterocycles. The molecule has 0 spiro atoms. The first-order chi connectivity index (χ1) is 7.45. The first-order valence-electron chi connectivity index (χ1n) is 5.23. The van der Waals surface area contributed by atoms with E-state index in [-0.39, 0.29) is 5.54 Å². The predicted octanol–water partition coefficient (Wildman–Crippen LogP) is 1.24. The van der Waals surface area contributed by atoms with Crippen LogP contribution in [-0.2, 0) is 0 Å². The normalized spacial score (nSPS) is 11.6. The van der Waals surface area contributed by atoms with Crippen LogP contribution in [0.4, 0.5) is 5.82 Å². The quantitative estimate of drug-likeness (QED) is 0.815. The number of aromatic nitrogens is 2. The van der Waals surface area contributed by atoms with Crippen molar-refractivity contribution < 1.29 is 4.74 Å². The highest BCUT2D eigenvalue weighted by Crippen LogP contribution is 2.14. The zero-order valence-corrected chi connectivity index (χ0v) is 10.6. The number of rotatable bonds is 5. The number of likely N-dealkylation sites (N-methyl/N-ethyl adjacent to an activating group) is 1. The van der Waals surface area contributed by atoms with E-state index >= 15 is 0 Å². The van der Waals surface area contributed by atoms with E-state index in [0.29, 0.717) is 5.88 Å². The molecule has 1 aromatic heterocycles. The Morgan fingerprint density at radius 1 is 1.38 bits per heavy atom. The van der Waals surface area contributed by atoms with Gasteiger partial charge in [-0.15, -0.1) is 0 Å². The fourth-order valence-electron chi connectivity index (χ4n) is 1.01. The Labute approximate surface area is 96.8 Å². The summed E-state index contributed by atoms with van der Waals surface area (Å²) in [6.07, 6.45) is 1.49. The molecule has 0 aromatic carbocycles. The van der Waals surface area contributed by atoms with Crippen molar-refractivity contribution in [1.82, 2.24) is 14.9 Å². The zero-order chi connectivity index (χ0) is 12.2. The molecule has 0 fully saturated rings. The lowest BCUT2D eigenvalue weighted by Crippen LogP contribution is -2.44. The average Bonchev–Trinajstić information content (AvgIpc) is 2.26. The van der Waals surface area contributed by atoms with Gasteiger partial charge in [-0.05, 0) is 27.9 Å². The molecule has 5 heteroatoms. The third kappa shape index (κ3) is 3.34. The molecular formula is C11H20N4O. The van der Waals surface area contributed by atoms with Crippen molar-refractivity contribution in [2.75, 3.05) is 33.1 Å². The number of nitrogens with zero attached hydrogens (tertiary/aromatic N) is 3. The number of ether oxygens (including phenoxy) is 1. The van der Waals surface area contributed by atoms with Crippen molar-refractivity contribution in [2.24, 2.45) is 0 Å². The molecule has 0 bridgehead atoms. The smallest absolute Gasteiger partial charge is 0.218 e. The van der Waals surface area contributed by atoms with Gasteiger partial charge in [-0.1, -0.05) is 0 Å². The molecule has 0 saturated carbocycles. The van der Waals surface area contributed by atoms with Crippen molar-refractivity contribution in [3.05, 3.63) is 12.4 Å². The summed E-state index contributed by atoms with van der Waals surface area (Å²) in [6.45, 7) is 5.14. The Hall–Kier alpha value is -1.36. The van der Waals surface area contributed by atoms with E-state index in [4.69, 9.17) is 4.74 Å². The van der Waals surface area contributed by atoms with Crippen LogP contribution in [-0.4, -0.2) is 48.2 Å². The first kappa shape index (κ1) is 12.7. The van der Waals surface area contributed by atoms with Crippen LogP contribution in [0.2, 0.25) is 0 Å². The minimum Gasteiger partial charge on any atom is -0.481 e. The molecule has 0 atom stereocenters. The summed E-state index contributed by atoms with van der Waals surface area (Å²) >= 11 is 0. The van der Waals surface area contributed by atoms with Gasteiger partial charge in [0.2, 0.25) is 5.88 Å². The summed E-state index contributed by atoms with van der Waals surface area (Å²) in [4.78, 5) is 10.2.